The zero-order valence-corrected chi connectivity index (χ0v) is 15.5. The Balaban J connectivity index is 2.41. The van der Waals surface area contributed by atoms with Crippen molar-refractivity contribution in [1.82, 2.24) is 14.0 Å². The Kier molecular flexibility index (Phi) is 6.30. The maximum absolute atomic E-state index is 12.8. The summed E-state index contributed by atoms with van der Waals surface area (Å²) in [5.41, 5.74) is -0.0220. The van der Waals surface area contributed by atoms with E-state index in [0.717, 1.165) is 10.1 Å². The number of hydrogen-bond donors (Lipinski definition) is 0. The molecule has 1 heterocycles. The van der Waals surface area contributed by atoms with Crippen LogP contribution < -0.4 is 16.1 Å². The second-order valence-corrected chi connectivity index (χ2v) is 6.28. The van der Waals surface area contributed by atoms with Crippen LogP contribution in [0.3, 0.4) is 0 Å². The fourth-order valence-corrected chi connectivity index (χ4v) is 2.44. The maximum atomic E-state index is 12.8. The maximum Gasteiger partial charge on any atom is 0.332 e. The first kappa shape index (κ1) is 19.4. The number of benzene rings is 1. The number of likely N-dealkylation sites (N-methyl/N-ethyl adjacent to an activating group) is 1. The van der Waals surface area contributed by atoms with Crippen molar-refractivity contribution in [1.29, 1.82) is 0 Å². The lowest BCUT2D eigenvalue weighted by Gasteiger charge is -2.25. The van der Waals surface area contributed by atoms with Gasteiger partial charge >= 0.3 is 5.69 Å². The van der Waals surface area contributed by atoms with Crippen LogP contribution in [-0.4, -0.2) is 47.1 Å². The summed E-state index contributed by atoms with van der Waals surface area (Å²) in [6.07, 6.45) is 3.16. The van der Waals surface area contributed by atoms with Gasteiger partial charge in [-0.25, -0.2) is 4.79 Å². The lowest BCUT2D eigenvalue weighted by Crippen LogP contribution is -2.43. The molecule has 0 bridgehead atoms. The van der Waals surface area contributed by atoms with Gasteiger partial charge in [-0.15, -0.1) is 0 Å². The number of carbonyl (C=O) groups is 1. The zero-order valence-electron chi connectivity index (χ0n) is 15.5. The van der Waals surface area contributed by atoms with Crippen molar-refractivity contribution >= 4 is 17.8 Å². The van der Waals surface area contributed by atoms with Crippen molar-refractivity contribution in [2.45, 2.75) is 0 Å². The predicted molar refractivity (Wildman–Crippen MR) is 103 cm³/mol. The van der Waals surface area contributed by atoms with Crippen LogP contribution in [-0.2, 0) is 18.9 Å². The Morgan fingerprint density at radius 3 is 2.31 bits per heavy atom. The van der Waals surface area contributed by atoms with Gasteiger partial charge in [0.2, 0.25) is 0 Å². The van der Waals surface area contributed by atoms with E-state index in [-0.39, 0.29) is 11.7 Å². The molecule has 0 aliphatic rings. The molecule has 0 unspecified atom stereocenters. The Morgan fingerprint density at radius 1 is 1.04 bits per heavy atom. The summed E-state index contributed by atoms with van der Waals surface area (Å²) in [6.45, 7) is 0.944. The highest BCUT2D eigenvalue weighted by molar-refractivity contribution is 6.03. The molecule has 7 heteroatoms. The minimum atomic E-state index is -0.470. The highest BCUT2D eigenvalue weighted by Crippen LogP contribution is 2.11. The van der Waals surface area contributed by atoms with Crippen LogP contribution in [0, 0.1) is 0 Å². The van der Waals surface area contributed by atoms with Gasteiger partial charge in [-0.1, -0.05) is 30.3 Å². The quantitative estimate of drug-likeness (QED) is 0.715. The highest BCUT2D eigenvalue weighted by Gasteiger charge is 2.18. The molecule has 0 N–H and O–H groups in total. The average Bonchev–Trinajstić information content (AvgIpc) is 2.63. The van der Waals surface area contributed by atoms with E-state index in [1.807, 2.05) is 49.3 Å². The van der Waals surface area contributed by atoms with Gasteiger partial charge < -0.3 is 4.90 Å². The predicted octanol–water partition coefficient (Wildman–Crippen LogP) is 0.692. The molecule has 0 radical (unpaired) electrons. The number of amides is 1. The number of rotatable bonds is 6. The fraction of sp³-hybridized carbons (Fsp3) is 0.316. The topological polar surface area (TPSA) is 67.6 Å². The van der Waals surface area contributed by atoms with Gasteiger partial charge in [-0.2, -0.15) is 0 Å². The van der Waals surface area contributed by atoms with Crippen LogP contribution in [0.5, 0.6) is 0 Å². The first-order valence-corrected chi connectivity index (χ1v) is 8.27. The van der Waals surface area contributed by atoms with Crippen LogP contribution in [0.15, 0.2) is 52.1 Å². The molecule has 26 heavy (non-hydrogen) atoms. The van der Waals surface area contributed by atoms with Gasteiger partial charge in [0, 0.05) is 39.3 Å². The van der Waals surface area contributed by atoms with E-state index < -0.39 is 11.2 Å². The van der Waals surface area contributed by atoms with E-state index in [2.05, 4.69) is 0 Å². The van der Waals surface area contributed by atoms with Crippen LogP contribution >= 0.6 is 0 Å². The lowest BCUT2D eigenvalue weighted by atomic mass is 10.2. The van der Waals surface area contributed by atoms with Crippen LogP contribution in [0.4, 0.5) is 5.82 Å². The van der Waals surface area contributed by atoms with Crippen molar-refractivity contribution in [3.05, 3.63) is 68.9 Å². The number of aromatic nitrogens is 2. The summed E-state index contributed by atoms with van der Waals surface area (Å²) in [4.78, 5) is 40.4. The van der Waals surface area contributed by atoms with Crippen molar-refractivity contribution in [2.24, 2.45) is 14.1 Å². The summed E-state index contributed by atoms with van der Waals surface area (Å²) < 4.78 is 2.32. The third-order valence-corrected chi connectivity index (χ3v) is 4.03. The largest absolute Gasteiger partial charge is 0.332 e. The third kappa shape index (κ3) is 4.58. The molecule has 2 rings (SSSR count). The van der Waals surface area contributed by atoms with E-state index in [4.69, 9.17) is 0 Å². The van der Waals surface area contributed by atoms with Crippen LogP contribution in [0.1, 0.15) is 5.56 Å². The van der Waals surface area contributed by atoms with Gasteiger partial charge in [0.05, 0.1) is 0 Å². The Bertz CT molecular complexity index is 911. The Hall–Kier alpha value is -2.93. The van der Waals surface area contributed by atoms with Crippen molar-refractivity contribution in [3.63, 3.8) is 0 Å². The number of hydrogen-bond acceptors (Lipinski definition) is 4. The summed E-state index contributed by atoms with van der Waals surface area (Å²) in [5.74, 6) is -0.0124. The molecule has 7 nitrogen and oxygen atoms in total. The summed E-state index contributed by atoms with van der Waals surface area (Å²) >= 11 is 0. The molecule has 1 amide bonds. The third-order valence-electron chi connectivity index (χ3n) is 4.03. The van der Waals surface area contributed by atoms with Gasteiger partial charge in [0.25, 0.3) is 11.5 Å². The molecule has 1 aromatic heterocycles. The SMILES string of the molecule is CN(C)CCN(C(=O)/C=C/c1ccccc1)c1cc(=O)n(C)c(=O)n1C. The zero-order chi connectivity index (χ0) is 19.3. The van der Waals surface area contributed by atoms with E-state index in [9.17, 15) is 14.4 Å². The molecule has 0 aliphatic carbocycles. The first-order chi connectivity index (χ1) is 12.3. The summed E-state index contributed by atoms with van der Waals surface area (Å²) in [6, 6.07) is 10.8. The van der Waals surface area contributed by atoms with Gasteiger partial charge in [0.1, 0.15) is 5.82 Å². The molecular formula is C19H24N4O3. The minimum Gasteiger partial charge on any atom is -0.308 e. The molecular weight excluding hydrogens is 332 g/mol. The van der Waals surface area contributed by atoms with Gasteiger partial charge in [0.15, 0.2) is 0 Å². The molecule has 0 saturated carbocycles. The lowest BCUT2D eigenvalue weighted by molar-refractivity contribution is -0.114. The molecule has 0 saturated heterocycles. The van der Waals surface area contributed by atoms with E-state index in [1.165, 1.54) is 28.7 Å². The fourth-order valence-electron chi connectivity index (χ4n) is 2.44. The van der Waals surface area contributed by atoms with Crippen LogP contribution in [0.25, 0.3) is 6.08 Å². The number of nitrogens with zero attached hydrogens (tertiary/aromatic N) is 4. The Labute approximate surface area is 152 Å². The summed E-state index contributed by atoms with van der Waals surface area (Å²) in [5, 5.41) is 0. The van der Waals surface area contributed by atoms with E-state index in [1.54, 1.807) is 13.1 Å². The monoisotopic (exact) mass is 356 g/mol. The molecule has 0 aliphatic heterocycles. The second-order valence-electron chi connectivity index (χ2n) is 6.28. The highest BCUT2D eigenvalue weighted by atomic mass is 16.2. The molecule has 1 aromatic carbocycles. The molecule has 138 valence electrons. The molecule has 0 spiro atoms. The van der Waals surface area contributed by atoms with Crippen LogP contribution in [0.2, 0.25) is 0 Å². The Morgan fingerprint density at radius 2 is 1.69 bits per heavy atom. The van der Waals surface area contributed by atoms with E-state index in [0.29, 0.717) is 13.1 Å². The first-order valence-electron chi connectivity index (χ1n) is 8.27. The van der Waals surface area contributed by atoms with E-state index >= 15 is 0 Å². The van der Waals surface area contributed by atoms with Gasteiger partial charge in [-0.05, 0) is 25.7 Å². The van der Waals surface area contributed by atoms with Crippen molar-refractivity contribution in [3.8, 4) is 0 Å². The molecule has 0 fully saturated rings. The van der Waals surface area contributed by atoms with Crippen molar-refractivity contribution < 1.29 is 4.79 Å². The van der Waals surface area contributed by atoms with Crippen molar-refractivity contribution in [2.75, 3.05) is 32.1 Å². The minimum absolute atomic E-state index is 0.280. The molecule has 2 aromatic rings. The second kappa shape index (κ2) is 8.44. The molecule has 0 atom stereocenters. The smallest absolute Gasteiger partial charge is 0.308 e. The standard InChI is InChI=1S/C19H24N4O3/c1-20(2)12-13-23(16-14-18(25)22(4)19(26)21(16)3)17(24)11-10-15-8-6-5-7-9-15/h5-11,14H,12-13H2,1-4H3/b11-10+. The summed E-state index contributed by atoms with van der Waals surface area (Å²) in [7, 11) is 6.75. The number of anilines is 1. The average molecular weight is 356 g/mol. The number of carbonyl (C=O) groups excluding carboxylic acids is 1. The normalized spacial score (nSPS) is 11.3. The van der Waals surface area contributed by atoms with Gasteiger partial charge in [-0.3, -0.25) is 23.6 Å².